The summed E-state index contributed by atoms with van der Waals surface area (Å²) >= 11 is 3.35. The fraction of sp³-hybridized carbons (Fsp3) is 0.222. The van der Waals surface area contributed by atoms with E-state index in [1.807, 2.05) is 12.1 Å². The van der Waals surface area contributed by atoms with E-state index in [-0.39, 0.29) is 51.4 Å². The quantitative estimate of drug-likeness (QED) is 0.540. The molecule has 0 heterocycles. The van der Waals surface area contributed by atoms with E-state index in [0.29, 0.717) is 11.5 Å². The Kier molecular flexibility index (Phi) is 6.71. The molecule has 0 radical (unpaired) electrons. The first-order valence-corrected chi connectivity index (χ1v) is 4.21. The van der Waals surface area contributed by atoms with Gasteiger partial charge in [-0.1, -0.05) is 10.5 Å². The van der Waals surface area contributed by atoms with Crippen molar-refractivity contribution in [1.82, 2.24) is 0 Å². The van der Waals surface area contributed by atoms with Crippen LogP contribution < -0.4 is 60.9 Å². The van der Waals surface area contributed by atoms with Gasteiger partial charge >= 0.3 is 51.4 Å². The average Bonchev–Trinajstić information content (AvgIpc) is 2.09. The van der Waals surface area contributed by atoms with E-state index in [1.165, 1.54) is 0 Å². The smallest absolute Gasteiger partial charge is 0.506 e. The monoisotopic (exact) mass is 268 g/mol. The predicted molar refractivity (Wildman–Crippen MR) is 51.7 cm³/mol. The summed E-state index contributed by atoms with van der Waals surface area (Å²) in [5.74, 6) is 1.41. The summed E-state index contributed by atoms with van der Waals surface area (Å²) in [6.07, 6.45) is 0. The number of methoxy groups -OCH3 is 2. The van der Waals surface area contributed by atoms with Gasteiger partial charge in [-0.25, -0.2) is 0 Å². The van der Waals surface area contributed by atoms with Crippen LogP contribution in [-0.2, 0) is 0 Å². The molecule has 0 aliphatic carbocycles. The third kappa shape index (κ3) is 3.45. The first-order valence-electron chi connectivity index (χ1n) is 3.42. The van der Waals surface area contributed by atoms with Crippen molar-refractivity contribution in [2.24, 2.45) is 0 Å². The second-order valence-corrected chi connectivity index (χ2v) is 3.15. The van der Waals surface area contributed by atoms with Crippen molar-refractivity contribution in [2.45, 2.75) is 0 Å². The van der Waals surface area contributed by atoms with Crippen LogP contribution in [0, 0.1) is 6.92 Å². The summed E-state index contributed by atoms with van der Waals surface area (Å²) in [7, 11) is 3.21. The van der Waals surface area contributed by atoms with Crippen molar-refractivity contribution in [3.63, 3.8) is 0 Å². The Hall–Kier alpha value is 0.806. The van der Waals surface area contributed by atoms with E-state index in [4.69, 9.17) is 9.47 Å². The molecule has 0 aliphatic rings. The van der Waals surface area contributed by atoms with Crippen LogP contribution in [0.1, 0.15) is 5.56 Å². The first kappa shape index (κ1) is 13.8. The summed E-state index contributed by atoms with van der Waals surface area (Å²) in [6.45, 7) is 3.82. The normalized spacial score (nSPS) is 8.85. The molecule has 0 N–H and O–H groups in total. The minimum absolute atomic E-state index is 0. The molecule has 1 aromatic rings. The van der Waals surface area contributed by atoms with Crippen molar-refractivity contribution in [2.75, 3.05) is 14.2 Å². The zero-order valence-corrected chi connectivity index (χ0v) is 12.8. The Balaban J connectivity index is 0.00000144. The van der Waals surface area contributed by atoms with E-state index >= 15 is 0 Å². The largest absolute Gasteiger partial charge is 1.00 e. The molecule has 2 nitrogen and oxygen atoms in total. The molecule has 4 heteroatoms. The summed E-state index contributed by atoms with van der Waals surface area (Å²) in [6, 6.07) is 3.66. The molecule has 0 amide bonds. The van der Waals surface area contributed by atoms with Gasteiger partial charge < -0.3 is 9.47 Å². The van der Waals surface area contributed by atoms with Gasteiger partial charge in [0.05, 0.1) is 14.2 Å². The van der Waals surface area contributed by atoms with Crippen LogP contribution in [0.2, 0.25) is 0 Å². The minimum Gasteiger partial charge on any atom is -0.506 e. The third-order valence-electron chi connectivity index (χ3n) is 1.55. The van der Waals surface area contributed by atoms with Gasteiger partial charge in [0.1, 0.15) is 11.5 Å². The average molecular weight is 269 g/mol. The third-order valence-corrected chi connectivity index (χ3v) is 2.29. The van der Waals surface area contributed by atoms with Gasteiger partial charge in [-0.2, -0.15) is 12.5 Å². The van der Waals surface area contributed by atoms with Crippen LogP contribution in [0.15, 0.2) is 16.6 Å². The molecule has 1 aromatic carbocycles. The summed E-state index contributed by atoms with van der Waals surface area (Å²) in [5.41, 5.74) is 0.882. The standard InChI is InChI=1S/C9H10BrO2.K/c1-6-4-8(11-2)9(12-3)5-7(6)10;/h4-5H,1H2,2-3H3;/q-1;+1. The van der Waals surface area contributed by atoms with E-state index < -0.39 is 0 Å². The van der Waals surface area contributed by atoms with Crippen LogP contribution in [0.4, 0.5) is 0 Å². The number of hydrogen-bond acceptors (Lipinski definition) is 2. The summed E-state index contributed by atoms with van der Waals surface area (Å²) in [4.78, 5) is 0. The molecular formula is C9H10BrKO2. The molecule has 0 unspecified atom stereocenters. The Labute approximate surface area is 130 Å². The van der Waals surface area contributed by atoms with Crippen molar-refractivity contribution < 1.29 is 60.9 Å². The minimum atomic E-state index is 0. The van der Waals surface area contributed by atoms with Crippen molar-refractivity contribution in [1.29, 1.82) is 0 Å². The van der Waals surface area contributed by atoms with Gasteiger partial charge in [-0.15, -0.1) is 22.0 Å². The number of rotatable bonds is 2. The number of hydrogen-bond donors (Lipinski definition) is 0. The Morgan fingerprint density at radius 1 is 1.15 bits per heavy atom. The molecule has 0 saturated heterocycles. The molecule has 0 atom stereocenters. The molecule has 0 aliphatic heterocycles. The topological polar surface area (TPSA) is 18.5 Å². The second kappa shape index (κ2) is 6.32. The Morgan fingerprint density at radius 2 is 1.62 bits per heavy atom. The van der Waals surface area contributed by atoms with Gasteiger partial charge in [-0.3, -0.25) is 0 Å². The van der Waals surface area contributed by atoms with Crippen LogP contribution in [0.5, 0.6) is 11.5 Å². The zero-order chi connectivity index (χ0) is 9.14. The molecular weight excluding hydrogens is 259 g/mol. The molecule has 0 saturated carbocycles. The number of benzene rings is 1. The Bertz CT molecular complexity index is 260. The second-order valence-electron chi connectivity index (χ2n) is 2.30. The molecule has 13 heavy (non-hydrogen) atoms. The summed E-state index contributed by atoms with van der Waals surface area (Å²) < 4.78 is 11.1. The van der Waals surface area contributed by atoms with Gasteiger partial charge in [-0.05, 0) is 0 Å². The SMILES string of the molecule is [CH2-]c1cc(OC)c(OC)cc1Br.[K+]. The van der Waals surface area contributed by atoms with Crippen LogP contribution in [0.3, 0.4) is 0 Å². The van der Waals surface area contributed by atoms with Gasteiger partial charge in [0.25, 0.3) is 0 Å². The van der Waals surface area contributed by atoms with E-state index in [2.05, 4.69) is 22.9 Å². The van der Waals surface area contributed by atoms with Crippen molar-refractivity contribution >= 4 is 15.9 Å². The van der Waals surface area contributed by atoms with Gasteiger partial charge in [0, 0.05) is 0 Å². The first-order chi connectivity index (χ1) is 5.69. The number of halogens is 1. The maximum absolute atomic E-state index is 5.09. The molecule has 0 fully saturated rings. The maximum Gasteiger partial charge on any atom is 1.00 e. The van der Waals surface area contributed by atoms with Crippen molar-refractivity contribution in [3.8, 4) is 11.5 Å². The molecule has 66 valence electrons. The van der Waals surface area contributed by atoms with Gasteiger partial charge in [0.2, 0.25) is 0 Å². The predicted octanol–water partition coefficient (Wildman–Crippen LogP) is -0.348. The van der Waals surface area contributed by atoms with Crippen LogP contribution >= 0.6 is 15.9 Å². The number of ether oxygens (including phenoxy) is 2. The molecule has 1 rings (SSSR count). The van der Waals surface area contributed by atoms with Crippen molar-refractivity contribution in [3.05, 3.63) is 29.1 Å². The fourth-order valence-electron chi connectivity index (χ4n) is 0.896. The zero-order valence-electron chi connectivity index (χ0n) is 8.06. The van der Waals surface area contributed by atoms with Crippen LogP contribution in [0.25, 0.3) is 0 Å². The fourth-order valence-corrected chi connectivity index (χ4v) is 1.22. The summed E-state index contributed by atoms with van der Waals surface area (Å²) in [5, 5.41) is 0. The van der Waals surface area contributed by atoms with E-state index in [1.54, 1.807) is 14.2 Å². The Morgan fingerprint density at radius 3 is 2.08 bits per heavy atom. The van der Waals surface area contributed by atoms with Crippen LogP contribution in [-0.4, -0.2) is 14.2 Å². The van der Waals surface area contributed by atoms with Gasteiger partial charge in [0.15, 0.2) is 0 Å². The molecule has 0 aromatic heterocycles. The van der Waals surface area contributed by atoms with E-state index in [9.17, 15) is 0 Å². The van der Waals surface area contributed by atoms with E-state index in [0.717, 1.165) is 10.0 Å². The maximum atomic E-state index is 5.09. The molecule has 0 bridgehead atoms. The molecule has 0 spiro atoms.